The molecule has 2 heterocycles. The van der Waals surface area contributed by atoms with Crippen molar-refractivity contribution in [2.45, 2.75) is 26.7 Å². The SMILES string of the molecule is CC(C)C(=O)NCC1CCCN(c2cnn(-c3ccc([N+](=O)[O-])cc3)c(=O)c2Cl)C1. The van der Waals surface area contributed by atoms with Gasteiger partial charge in [-0.3, -0.25) is 19.7 Å². The van der Waals surface area contributed by atoms with Crippen molar-refractivity contribution in [3.63, 3.8) is 0 Å². The largest absolute Gasteiger partial charge is 0.369 e. The molecule has 3 rings (SSSR count). The van der Waals surface area contributed by atoms with Crippen molar-refractivity contribution in [1.29, 1.82) is 0 Å². The number of anilines is 1. The third kappa shape index (κ3) is 4.79. The van der Waals surface area contributed by atoms with Crippen LogP contribution >= 0.6 is 11.6 Å². The van der Waals surface area contributed by atoms with Crippen molar-refractivity contribution in [3.05, 3.63) is 56.0 Å². The number of hydrogen-bond donors (Lipinski definition) is 1. The molecule has 0 radical (unpaired) electrons. The number of nitrogens with zero attached hydrogens (tertiary/aromatic N) is 4. The van der Waals surface area contributed by atoms with E-state index in [4.69, 9.17) is 11.6 Å². The van der Waals surface area contributed by atoms with Gasteiger partial charge in [-0.2, -0.15) is 9.78 Å². The Morgan fingerprint density at radius 3 is 2.70 bits per heavy atom. The first-order valence-corrected chi connectivity index (χ1v) is 10.2. The molecule has 1 saturated heterocycles. The van der Waals surface area contributed by atoms with Gasteiger partial charge >= 0.3 is 0 Å². The minimum atomic E-state index is -0.508. The number of nitro groups is 1. The van der Waals surface area contributed by atoms with Gasteiger partial charge in [-0.25, -0.2) is 0 Å². The number of amides is 1. The maximum atomic E-state index is 12.8. The molecule has 0 aliphatic carbocycles. The smallest absolute Gasteiger partial charge is 0.292 e. The van der Waals surface area contributed by atoms with Gasteiger partial charge in [-0.05, 0) is 30.9 Å². The Bertz CT molecular complexity index is 990. The zero-order valence-corrected chi connectivity index (χ0v) is 17.6. The van der Waals surface area contributed by atoms with Crippen molar-refractivity contribution in [1.82, 2.24) is 15.1 Å². The van der Waals surface area contributed by atoms with E-state index in [9.17, 15) is 19.7 Å². The van der Waals surface area contributed by atoms with E-state index in [2.05, 4.69) is 10.4 Å². The van der Waals surface area contributed by atoms with E-state index >= 15 is 0 Å². The number of carbonyl (C=O) groups excluding carboxylic acids is 1. The van der Waals surface area contributed by atoms with E-state index in [0.29, 0.717) is 24.5 Å². The number of halogens is 1. The molecule has 0 bridgehead atoms. The Hall–Kier alpha value is -2.94. The summed E-state index contributed by atoms with van der Waals surface area (Å²) in [5.41, 5.74) is 0.392. The number of hydrogen-bond acceptors (Lipinski definition) is 6. The van der Waals surface area contributed by atoms with Crippen LogP contribution in [0.2, 0.25) is 5.02 Å². The Kier molecular flexibility index (Phi) is 6.71. The van der Waals surface area contributed by atoms with E-state index in [0.717, 1.165) is 24.1 Å². The van der Waals surface area contributed by atoms with Crippen LogP contribution in [-0.4, -0.2) is 40.2 Å². The first kappa shape index (κ1) is 21.8. The zero-order chi connectivity index (χ0) is 21.8. The summed E-state index contributed by atoms with van der Waals surface area (Å²) < 4.78 is 1.12. The fourth-order valence-corrected chi connectivity index (χ4v) is 3.69. The van der Waals surface area contributed by atoms with Crippen LogP contribution in [0.5, 0.6) is 0 Å². The van der Waals surface area contributed by atoms with Gasteiger partial charge in [-0.1, -0.05) is 25.4 Å². The first-order valence-electron chi connectivity index (χ1n) is 9.83. The summed E-state index contributed by atoms with van der Waals surface area (Å²) in [7, 11) is 0. The summed E-state index contributed by atoms with van der Waals surface area (Å²) in [6, 6.07) is 5.53. The average Bonchev–Trinajstić information content (AvgIpc) is 2.74. The Balaban J connectivity index is 1.77. The molecule has 30 heavy (non-hydrogen) atoms. The van der Waals surface area contributed by atoms with Crippen LogP contribution in [0, 0.1) is 22.0 Å². The summed E-state index contributed by atoms with van der Waals surface area (Å²) >= 11 is 6.39. The molecular weight excluding hydrogens is 410 g/mol. The minimum Gasteiger partial charge on any atom is -0.369 e. The van der Waals surface area contributed by atoms with E-state index in [1.807, 2.05) is 18.7 Å². The van der Waals surface area contributed by atoms with Gasteiger partial charge < -0.3 is 10.2 Å². The van der Waals surface area contributed by atoms with E-state index in [1.54, 1.807) is 6.20 Å². The second-order valence-electron chi connectivity index (χ2n) is 7.69. The molecule has 10 heteroatoms. The van der Waals surface area contributed by atoms with Gasteiger partial charge in [-0.15, -0.1) is 0 Å². The molecule has 9 nitrogen and oxygen atoms in total. The number of nitrogens with one attached hydrogen (secondary N) is 1. The quantitative estimate of drug-likeness (QED) is 0.554. The molecule has 2 aromatic rings. The van der Waals surface area contributed by atoms with Crippen LogP contribution in [0.4, 0.5) is 11.4 Å². The summed E-state index contributed by atoms with van der Waals surface area (Å²) in [4.78, 5) is 36.9. The zero-order valence-electron chi connectivity index (χ0n) is 16.9. The van der Waals surface area contributed by atoms with Crippen LogP contribution in [0.3, 0.4) is 0 Å². The summed E-state index contributed by atoms with van der Waals surface area (Å²) in [6.07, 6.45) is 3.45. The van der Waals surface area contributed by atoms with Gasteiger partial charge in [0.05, 0.1) is 22.5 Å². The molecule has 1 N–H and O–H groups in total. The lowest BCUT2D eigenvalue weighted by atomic mass is 9.97. The fourth-order valence-electron chi connectivity index (χ4n) is 3.44. The van der Waals surface area contributed by atoms with Crippen molar-refractivity contribution in [2.75, 3.05) is 24.5 Å². The Morgan fingerprint density at radius 2 is 2.07 bits per heavy atom. The Labute approximate surface area is 178 Å². The maximum Gasteiger partial charge on any atom is 0.292 e. The maximum absolute atomic E-state index is 12.8. The third-order valence-corrected chi connectivity index (χ3v) is 5.51. The highest BCUT2D eigenvalue weighted by atomic mass is 35.5. The molecule has 1 aliphatic rings. The second kappa shape index (κ2) is 9.25. The molecule has 0 spiro atoms. The monoisotopic (exact) mass is 433 g/mol. The second-order valence-corrected chi connectivity index (χ2v) is 8.07. The van der Waals surface area contributed by atoms with Crippen molar-refractivity contribution >= 4 is 28.9 Å². The van der Waals surface area contributed by atoms with Gasteiger partial charge in [0, 0.05) is 37.7 Å². The van der Waals surface area contributed by atoms with Crippen LogP contribution in [0.1, 0.15) is 26.7 Å². The molecular formula is C20H24ClN5O4. The molecule has 1 aromatic heterocycles. The number of benzene rings is 1. The molecule has 1 aromatic carbocycles. The number of nitro benzene ring substituents is 1. The number of aromatic nitrogens is 2. The van der Waals surface area contributed by atoms with Crippen LogP contribution in [0.15, 0.2) is 35.3 Å². The van der Waals surface area contributed by atoms with Gasteiger partial charge in [0.2, 0.25) is 5.91 Å². The van der Waals surface area contributed by atoms with Gasteiger partial charge in [0.15, 0.2) is 0 Å². The van der Waals surface area contributed by atoms with Crippen LogP contribution in [0.25, 0.3) is 5.69 Å². The van der Waals surface area contributed by atoms with Crippen LogP contribution < -0.4 is 15.8 Å². The lowest BCUT2D eigenvalue weighted by Crippen LogP contribution is -2.42. The summed E-state index contributed by atoms with van der Waals surface area (Å²) in [6.45, 7) is 5.71. The lowest BCUT2D eigenvalue weighted by molar-refractivity contribution is -0.384. The number of piperidine rings is 1. The molecule has 1 fully saturated rings. The Morgan fingerprint density at radius 1 is 1.37 bits per heavy atom. The van der Waals surface area contributed by atoms with E-state index in [1.165, 1.54) is 24.3 Å². The third-order valence-electron chi connectivity index (χ3n) is 5.15. The first-order chi connectivity index (χ1) is 14.3. The highest BCUT2D eigenvalue weighted by Crippen LogP contribution is 2.27. The standard InChI is InChI=1S/C20H24ClN5O4/c1-13(2)19(27)22-10-14-4-3-9-24(12-14)17-11-23-25(20(28)18(17)21)15-5-7-16(8-6-15)26(29)30/h5-8,11,13-14H,3-4,9-10,12H2,1-2H3,(H,22,27). The molecule has 1 aliphatic heterocycles. The van der Waals surface area contributed by atoms with Crippen LogP contribution in [-0.2, 0) is 4.79 Å². The van der Waals surface area contributed by atoms with Crippen molar-refractivity contribution in [3.8, 4) is 5.69 Å². The lowest BCUT2D eigenvalue weighted by Gasteiger charge is -2.34. The average molecular weight is 434 g/mol. The van der Waals surface area contributed by atoms with Crippen molar-refractivity contribution < 1.29 is 9.72 Å². The minimum absolute atomic E-state index is 0.0255. The molecule has 160 valence electrons. The van der Waals surface area contributed by atoms with Gasteiger partial charge in [0.25, 0.3) is 11.2 Å². The molecule has 1 unspecified atom stereocenters. The molecule has 0 saturated carbocycles. The number of rotatable bonds is 6. The fraction of sp³-hybridized carbons (Fsp3) is 0.450. The number of carbonyl (C=O) groups is 1. The molecule has 1 atom stereocenters. The normalized spacial score (nSPS) is 16.5. The predicted octanol–water partition coefficient (Wildman–Crippen LogP) is 2.78. The summed E-state index contributed by atoms with van der Waals surface area (Å²) in [5, 5.41) is 18.0. The van der Waals surface area contributed by atoms with Crippen molar-refractivity contribution in [2.24, 2.45) is 11.8 Å². The topological polar surface area (TPSA) is 110 Å². The highest BCUT2D eigenvalue weighted by Gasteiger charge is 2.24. The predicted molar refractivity (Wildman–Crippen MR) is 114 cm³/mol. The number of non-ortho nitro benzene ring substituents is 1. The van der Waals surface area contributed by atoms with Gasteiger partial charge in [0.1, 0.15) is 5.02 Å². The summed E-state index contributed by atoms with van der Waals surface area (Å²) in [5.74, 6) is 0.225. The molecule has 1 amide bonds. The highest BCUT2D eigenvalue weighted by molar-refractivity contribution is 6.33. The van der Waals surface area contributed by atoms with E-state index in [-0.39, 0.29) is 28.5 Å². The van der Waals surface area contributed by atoms with E-state index < -0.39 is 10.5 Å².